The van der Waals surface area contributed by atoms with Crippen LogP contribution >= 0.6 is 12.4 Å². The number of pyridine rings is 1. The number of aromatic nitrogens is 1. The van der Waals surface area contributed by atoms with Crippen molar-refractivity contribution in [3.8, 4) is 0 Å². The molecule has 0 aromatic carbocycles. The molecule has 1 aromatic heterocycles. The molecule has 2 N–H and O–H groups in total. The van der Waals surface area contributed by atoms with Crippen molar-refractivity contribution in [2.75, 3.05) is 6.61 Å². The number of halogens is 3. The van der Waals surface area contributed by atoms with Crippen LogP contribution in [0, 0.1) is 0 Å². The molecule has 0 aliphatic carbocycles. The lowest BCUT2D eigenvalue weighted by Gasteiger charge is -2.20. The predicted octanol–water partition coefficient (Wildman–Crippen LogP) is 1.70. The molecule has 0 unspecified atom stereocenters. The number of hydrogen-bond acceptors (Lipinski definition) is 4. The molecule has 7 heteroatoms. The van der Waals surface area contributed by atoms with Crippen molar-refractivity contribution in [2.24, 2.45) is 5.73 Å². The molecule has 1 heterocycles. The zero-order valence-electron chi connectivity index (χ0n) is 9.10. The number of carbonyl (C=O) groups is 1. The minimum atomic E-state index is -3.77. The first-order valence-corrected chi connectivity index (χ1v) is 4.71. The summed E-state index contributed by atoms with van der Waals surface area (Å²) in [5.41, 5.74) is 5.24. The van der Waals surface area contributed by atoms with Gasteiger partial charge in [0.2, 0.25) is 0 Å². The maximum absolute atomic E-state index is 13.4. The third kappa shape index (κ3) is 3.61. The van der Waals surface area contributed by atoms with Gasteiger partial charge in [0.1, 0.15) is 6.04 Å². The summed E-state index contributed by atoms with van der Waals surface area (Å²) >= 11 is 0. The maximum Gasteiger partial charge on any atom is 0.379 e. The molecule has 17 heavy (non-hydrogen) atoms. The number of ether oxygens (including phenoxy) is 1. The van der Waals surface area contributed by atoms with Gasteiger partial charge in [-0.15, -0.1) is 12.4 Å². The lowest BCUT2D eigenvalue weighted by atomic mass is 10.1. The summed E-state index contributed by atoms with van der Waals surface area (Å²) < 4.78 is 31.1. The molecule has 0 radical (unpaired) electrons. The van der Waals surface area contributed by atoms with Gasteiger partial charge in [0.15, 0.2) is 0 Å². The summed E-state index contributed by atoms with van der Waals surface area (Å²) in [5.74, 6) is -5.40. The fourth-order valence-corrected chi connectivity index (χ4v) is 1.10. The van der Waals surface area contributed by atoms with Crippen LogP contribution in [-0.4, -0.2) is 23.5 Å². The summed E-state index contributed by atoms with van der Waals surface area (Å²) in [5, 5.41) is 0. The van der Waals surface area contributed by atoms with Gasteiger partial charge in [0, 0.05) is 6.20 Å². The van der Waals surface area contributed by atoms with Gasteiger partial charge < -0.3 is 10.5 Å². The quantitative estimate of drug-likeness (QED) is 0.843. The summed E-state index contributed by atoms with van der Waals surface area (Å²) in [4.78, 5) is 14.7. The first-order chi connectivity index (χ1) is 7.50. The van der Waals surface area contributed by atoms with Gasteiger partial charge in [-0.2, -0.15) is 8.78 Å². The van der Waals surface area contributed by atoms with Crippen molar-refractivity contribution in [2.45, 2.75) is 18.9 Å². The second kappa shape index (κ2) is 6.46. The Morgan fingerprint density at radius 2 is 2.24 bits per heavy atom. The molecule has 0 aliphatic heterocycles. The Morgan fingerprint density at radius 3 is 2.71 bits per heavy atom. The van der Waals surface area contributed by atoms with Crippen LogP contribution in [0.4, 0.5) is 8.78 Å². The van der Waals surface area contributed by atoms with Gasteiger partial charge in [0.05, 0.1) is 12.3 Å². The van der Waals surface area contributed by atoms with E-state index < -0.39 is 17.9 Å². The van der Waals surface area contributed by atoms with Crippen LogP contribution in [0.25, 0.3) is 0 Å². The topological polar surface area (TPSA) is 65.2 Å². The summed E-state index contributed by atoms with van der Waals surface area (Å²) in [6.45, 7) is 1.32. The van der Waals surface area contributed by atoms with Crippen LogP contribution in [-0.2, 0) is 9.53 Å². The maximum atomic E-state index is 13.4. The van der Waals surface area contributed by atoms with Gasteiger partial charge in [-0.25, -0.2) is 4.79 Å². The first kappa shape index (κ1) is 15.7. The molecule has 0 bridgehead atoms. The highest BCUT2D eigenvalue weighted by Crippen LogP contribution is 2.29. The molecule has 0 spiro atoms. The van der Waals surface area contributed by atoms with E-state index in [0.717, 1.165) is 0 Å². The van der Waals surface area contributed by atoms with E-state index in [1.807, 2.05) is 0 Å². The number of nitrogens with two attached hydrogens (primary N) is 1. The largest absolute Gasteiger partial charge is 0.462 e. The van der Waals surface area contributed by atoms with Crippen molar-refractivity contribution in [3.63, 3.8) is 0 Å². The van der Waals surface area contributed by atoms with Gasteiger partial charge in [-0.3, -0.25) is 4.98 Å². The normalized spacial score (nSPS) is 12.5. The monoisotopic (exact) mass is 266 g/mol. The average Bonchev–Trinajstić information content (AvgIpc) is 2.29. The molecule has 0 amide bonds. The summed E-state index contributed by atoms with van der Waals surface area (Å²) in [7, 11) is 0. The molecule has 96 valence electrons. The van der Waals surface area contributed by atoms with Gasteiger partial charge in [-0.05, 0) is 19.1 Å². The Hall–Kier alpha value is -1.27. The Kier molecular flexibility index (Phi) is 5.98. The van der Waals surface area contributed by atoms with Crippen molar-refractivity contribution in [1.29, 1.82) is 0 Å². The van der Waals surface area contributed by atoms with Gasteiger partial charge in [0.25, 0.3) is 0 Å². The lowest BCUT2D eigenvalue weighted by molar-refractivity contribution is -0.175. The molecule has 0 saturated heterocycles. The molecular weight excluding hydrogens is 254 g/mol. The van der Waals surface area contributed by atoms with Gasteiger partial charge in [-0.1, -0.05) is 6.07 Å². The van der Waals surface area contributed by atoms with Gasteiger partial charge >= 0.3 is 11.9 Å². The third-order valence-corrected chi connectivity index (χ3v) is 1.94. The number of esters is 1. The Morgan fingerprint density at radius 1 is 1.59 bits per heavy atom. The zero-order valence-corrected chi connectivity index (χ0v) is 9.92. The zero-order chi connectivity index (χ0) is 12.2. The third-order valence-electron chi connectivity index (χ3n) is 1.94. The van der Waals surface area contributed by atoms with Crippen molar-refractivity contribution >= 4 is 18.4 Å². The lowest BCUT2D eigenvalue weighted by Crippen LogP contribution is -2.42. The van der Waals surface area contributed by atoms with Crippen LogP contribution in [0.1, 0.15) is 18.7 Å². The summed E-state index contributed by atoms with van der Waals surface area (Å²) in [6.07, 6.45) is 1.33. The highest BCUT2D eigenvalue weighted by molar-refractivity contribution is 5.85. The van der Waals surface area contributed by atoms with Crippen LogP contribution in [0.2, 0.25) is 0 Å². The van der Waals surface area contributed by atoms with E-state index in [1.54, 1.807) is 6.07 Å². The highest BCUT2D eigenvalue weighted by atomic mass is 35.5. The number of alkyl halides is 2. The predicted molar refractivity (Wildman–Crippen MR) is 60.0 cm³/mol. The second-order valence-corrected chi connectivity index (χ2v) is 3.08. The number of nitrogens with zero attached hydrogens (tertiary/aromatic N) is 1. The molecule has 1 atom stereocenters. The molecule has 1 aromatic rings. The van der Waals surface area contributed by atoms with Crippen LogP contribution in [0.15, 0.2) is 24.4 Å². The highest BCUT2D eigenvalue weighted by Gasteiger charge is 2.48. The molecule has 1 rings (SSSR count). The van der Waals surface area contributed by atoms with Crippen LogP contribution in [0.5, 0.6) is 0 Å². The Balaban J connectivity index is 0.00000256. The number of carbonyl (C=O) groups excluding carboxylic acids is 1. The molecule has 0 saturated carbocycles. The van der Waals surface area contributed by atoms with E-state index >= 15 is 0 Å². The molecule has 4 nitrogen and oxygen atoms in total. The van der Waals surface area contributed by atoms with E-state index in [0.29, 0.717) is 0 Å². The standard InChI is InChI=1S/C10H12F2N2O2.ClH/c1-2-16-9(15)10(11,12)8(13)7-5-3-4-6-14-7;/h3-6,8H,2,13H2,1H3;1H/t8-;/m0./s1. The van der Waals surface area contributed by atoms with Crippen LogP contribution < -0.4 is 5.73 Å². The smallest absolute Gasteiger partial charge is 0.379 e. The Bertz CT molecular complexity index is 363. The van der Waals surface area contributed by atoms with Crippen molar-refractivity contribution in [1.82, 2.24) is 4.98 Å². The Labute approximate surface area is 104 Å². The van der Waals surface area contributed by atoms with E-state index in [-0.39, 0.29) is 24.7 Å². The molecule has 0 aliphatic rings. The van der Waals surface area contributed by atoms with Crippen LogP contribution in [0.3, 0.4) is 0 Å². The molecular formula is C10H13ClF2N2O2. The van der Waals surface area contributed by atoms with Crippen molar-refractivity contribution < 1.29 is 18.3 Å². The van der Waals surface area contributed by atoms with E-state index in [1.165, 1.54) is 25.3 Å². The molecule has 0 fully saturated rings. The average molecular weight is 267 g/mol. The summed E-state index contributed by atoms with van der Waals surface area (Å²) in [6, 6.07) is 2.62. The SMILES string of the molecule is CCOC(=O)C(F)(F)[C@@H](N)c1ccccn1.Cl. The first-order valence-electron chi connectivity index (χ1n) is 4.71. The minimum Gasteiger partial charge on any atom is -0.462 e. The second-order valence-electron chi connectivity index (χ2n) is 3.08. The minimum absolute atomic E-state index is 0. The number of hydrogen-bond donors (Lipinski definition) is 1. The van der Waals surface area contributed by atoms with E-state index in [9.17, 15) is 13.6 Å². The van der Waals surface area contributed by atoms with Crippen molar-refractivity contribution in [3.05, 3.63) is 30.1 Å². The fraction of sp³-hybridized carbons (Fsp3) is 0.400. The van der Waals surface area contributed by atoms with E-state index in [4.69, 9.17) is 5.73 Å². The fourth-order valence-electron chi connectivity index (χ4n) is 1.10. The van der Waals surface area contributed by atoms with E-state index in [2.05, 4.69) is 9.72 Å². The number of rotatable bonds is 4.